The van der Waals surface area contributed by atoms with Crippen molar-refractivity contribution < 1.29 is 14.3 Å². The Labute approximate surface area is 79.4 Å². The van der Waals surface area contributed by atoms with Gasteiger partial charge < -0.3 is 14.3 Å². The Kier molecular flexibility index (Phi) is 1.89. The molecule has 0 aliphatic carbocycles. The summed E-state index contributed by atoms with van der Waals surface area (Å²) in [7, 11) is 1.42. The second-order valence-electron chi connectivity index (χ2n) is 2.79. The number of ether oxygens (including phenoxy) is 1. The van der Waals surface area contributed by atoms with Crippen molar-refractivity contribution in [3.05, 3.63) is 34.9 Å². The van der Waals surface area contributed by atoms with E-state index in [-0.39, 0.29) is 16.9 Å². The lowest BCUT2D eigenvalue weighted by Gasteiger charge is -2.04. The van der Waals surface area contributed by atoms with Gasteiger partial charge >= 0.3 is 5.63 Å². The van der Waals surface area contributed by atoms with E-state index in [4.69, 9.17) is 4.74 Å². The van der Waals surface area contributed by atoms with E-state index in [1.807, 2.05) is 0 Å². The SMILES string of the molecule is COc1ccc2ccoc(=O)c2c1O. The van der Waals surface area contributed by atoms with Gasteiger partial charge in [0.15, 0.2) is 11.5 Å². The van der Waals surface area contributed by atoms with Gasteiger partial charge in [-0.1, -0.05) is 6.07 Å². The Morgan fingerprint density at radius 2 is 2.14 bits per heavy atom. The molecule has 0 spiro atoms. The third kappa shape index (κ3) is 1.12. The molecule has 4 heteroatoms. The number of methoxy groups -OCH3 is 1. The summed E-state index contributed by atoms with van der Waals surface area (Å²) in [6.45, 7) is 0. The predicted molar refractivity (Wildman–Crippen MR) is 50.7 cm³/mol. The number of hydrogen-bond acceptors (Lipinski definition) is 4. The van der Waals surface area contributed by atoms with Crippen LogP contribution >= 0.6 is 0 Å². The highest BCUT2D eigenvalue weighted by molar-refractivity contribution is 5.88. The van der Waals surface area contributed by atoms with Crippen molar-refractivity contribution in [3.63, 3.8) is 0 Å². The molecular formula is C10H8O4. The van der Waals surface area contributed by atoms with Crippen molar-refractivity contribution in [1.29, 1.82) is 0 Å². The number of rotatable bonds is 1. The van der Waals surface area contributed by atoms with Crippen molar-refractivity contribution in [3.8, 4) is 11.5 Å². The average Bonchev–Trinajstić information content (AvgIpc) is 2.18. The Hall–Kier alpha value is -1.97. The Morgan fingerprint density at radius 1 is 1.36 bits per heavy atom. The minimum atomic E-state index is -0.570. The summed E-state index contributed by atoms with van der Waals surface area (Å²) in [5.41, 5.74) is -0.570. The predicted octanol–water partition coefficient (Wildman–Crippen LogP) is 1.51. The summed E-state index contributed by atoms with van der Waals surface area (Å²) in [5, 5.41) is 10.4. The molecule has 2 aromatic rings. The van der Waals surface area contributed by atoms with E-state index < -0.39 is 5.63 Å². The molecule has 1 N–H and O–H groups in total. The highest BCUT2D eigenvalue weighted by Crippen LogP contribution is 2.31. The van der Waals surface area contributed by atoms with Crippen LogP contribution in [0.25, 0.3) is 10.8 Å². The topological polar surface area (TPSA) is 59.7 Å². The van der Waals surface area contributed by atoms with Crippen molar-refractivity contribution in [2.45, 2.75) is 0 Å². The number of hydrogen-bond donors (Lipinski definition) is 1. The number of aromatic hydroxyl groups is 1. The molecule has 0 aliphatic rings. The monoisotopic (exact) mass is 192 g/mol. The van der Waals surface area contributed by atoms with Gasteiger partial charge in [-0.2, -0.15) is 0 Å². The molecule has 72 valence electrons. The van der Waals surface area contributed by atoms with Crippen LogP contribution in [-0.2, 0) is 0 Å². The quantitative estimate of drug-likeness (QED) is 0.743. The third-order valence-corrected chi connectivity index (χ3v) is 2.02. The summed E-state index contributed by atoms with van der Waals surface area (Å²) in [6, 6.07) is 4.89. The maximum atomic E-state index is 11.3. The second kappa shape index (κ2) is 3.06. The van der Waals surface area contributed by atoms with Crippen molar-refractivity contribution in [2.75, 3.05) is 7.11 Å². The van der Waals surface area contributed by atoms with Crippen LogP contribution < -0.4 is 10.4 Å². The summed E-state index contributed by atoms with van der Waals surface area (Å²) in [4.78, 5) is 11.3. The first-order valence-corrected chi connectivity index (χ1v) is 4.01. The van der Waals surface area contributed by atoms with Crippen LogP contribution in [0.2, 0.25) is 0 Å². The zero-order chi connectivity index (χ0) is 10.1. The molecule has 0 saturated heterocycles. The van der Waals surface area contributed by atoms with E-state index in [0.717, 1.165) is 0 Å². The van der Waals surface area contributed by atoms with E-state index in [1.54, 1.807) is 18.2 Å². The molecule has 0 saturated carbocycles. The van der Waals surface area contributed by atoms with Crippen LogP contribution in [0.4, 0.5) is 0 Å². The Morgan fingerprint density at radius 3 is 2.86 bits per heavy atom. The molecule has 2 rings (SSSR count). The van der Waals surface area contributed by atoms with Gasteiger partial charge in [-0.05, 0) is 17.5 Å². The molecule has 0 amide bonds. The van der Waals surface area contributed by atoms with Crippen LogP contribution in [0, 0.1) is 0 Å². The third-order valence-electron chi connectivity index (χ3n) is 2.02. The van der Waals surface area contributed by atoms with E-state index >= 15 is 0 Å². The van der Waals surface area contributed by atoms with E-state index in [2.05, 4.69) is 4.42 Å². The highest BCUT2D eigenvalue weighted by Gasteiger charge is 2.10. The van der Waals surface area contributed by atoms with Crippen LogP contribution in [0.3, 0.4) is 0 Å². The maximum Gasteiger partial charge on any atom is 0.347 e. The summed E-state index contributed by atoms with van der Waals surface area (Å²) in [5.74, 6) is 0.0790. The molecule has 1 aromatic carbocycles. The van der Waals surface area contributed by atoms with Gasteiger partial charge in [0, 0.05) is 0 Å². The number of phenols is 1. The van der Waals surface area contributed by atoms with Crippen molar-refractivity contribution >= 4 is 10.8 Å². The van der Waals surface area contributed by atoms with Gasteiger partial charge in [0.2, 0.25) is 0 Å². The van der Waals surface area contributed by atoms with E-state index in [0.29, 0.717) is 5.39 Å². The molecule has 4 nitrogen and oxygen atoms in total. The van der Waals surface area contributed by atoms with Crippen LogP contribution in [0.5, 0.6) is 11.5 Å². The molecule has 0 radical (unpaired) electrons. The molecule has 0 aliphatic heterocycles. The van der Waals surface area contributed by atoms with Crippen LogP contribution in [-0.4, -0.2) is 12.2 Å². The van der Waals surface area contributed by atoms with Gasteiger partial charge in [0.05, 0.1) is 13.4 Å². The molecule has 0 bridgehead atoms. The minimum Gasteiger partial charge on any atom is -0.504 e. The molecule has 0 fully saturated rings. The number of fused-ring (bicyclic) bond motifs is 1. The van der Waals surface area contributed by atoms with Crippen molar-refractivity contribution in [2.24, 2.45) is 0 Å². The average molecular weight is 192 g/mol. The summed E-state index contributed by atoms with van der Waals surface area (Å²) in [6.07, 6.45) is 1.29. The Balaban J connectivity index is 2.94. The fourth-order valence-corrected chi connectivity index (χ4v) is 1.33. The van der Waals surface area contributed by atoms with Gasteiger partial charge in [0.25, 0.3) is 0 Å². The standard InChI is InChI=1S/C10H8O4/c1-13-7-3-2-6-4-5-14-10(12)8(6)9(7)11/h2-5,11H,1H3. The molecule has 1 heterocycles. The van der Waals surface area contributed by atoms with Crippen LogP contribution in [0.15, 0.2) is 33.7 Å². The summed E-state index contributed by atoms with van der Waals surface area (Å²) < 4.78 is 9.53. The lowest BCUT2D eigenvalue weighted by atomic mass is 10.1. The smallest absolute Gasteiger partial charge is 0.347 e. The minimum absolute atomic E-state index is 0.145. The van der Waals surface area contributed by atoms with Gasteiger partial charge in [-0.25, -0.2) is 4.79 Å². The molecule has 14 heavy (non-hydrogen) atoms. The molecular weight excluding hydrogens is 184 g/mol. The normalized spacial score (nSPS) is 10.4. The summed E-state index contributed by atoms with van der Waals surface area (Å²) >= 11 is 0. The Bertz CT molecular complexity index is 527. The zero-order valence-corrected chi connectivity index (χ0v) is 7.48. The van der Waals surface area contributed by atoms with Gasteiger partial charge in [-0.3, -0.25) is 0 Å². The number of benzene rings is 1. The highest BCUT2D eigenvalue weighted by atomic mass is 16.5. The molecule has 1 aromatic heterocycles. The van der Waals surface area contributed by atoms with Gasteiger partial charge in [-0.15, -0.1) is 0 Å². The second-order valence-corrected chi connectivity index (χ2v) is 2.79. The molecule has 0 atom stereocenters. The maximum absolute atomic E-state index is 11.3. The number of phenolic OH excluding ortho intramolecular Hbond substituents is 1. The lowest BCUT2D eigenvalue weighted by Crippen LogP contribution is -1.99. The first kappa shape index (κ1) is 8.62. The zero-order valence-electron chi connectivity index (χ0n) is 7.48. The van der Waals surface area contributed by atoms with Gasteiger partial charge in [0.1, 0.15) is 5.39 Å². The van der Waals surface area contributed by atoms with E-state index in [9.17, 15) is 9.90 Å². The fraction of sp³-hybridized carbons (Fsp3) is 0.100. The first-order valence-electron chi connectivity index (χ1n) is 4.01. The fourth-order valence-electron chi connectivity index (χ4n) is 1.33. The lowest BCUT2D eigenvalue weighted by molar-refractivity contribution is 0.375. The van der Waals surface area contributed by atoms with Crippen LogP contribution in [0.1, 0.15) is 0 Å². The molecule has 0 unspecified atom stereocenters. The first-order chi connectivity index (χ1) is 6.74. The largest absolute Gasteiger partial charge is 0.504 e. The van der Waals surface area contributed by atoms with Crippen molar-refractivity contribution in [1.82, 2.24) is 0 Å². The van der Waals surface area contributed by atoms with E-state index in [1.165, 1.54) is 13.4 Å².